The number of nitrogens with one attached hydrogen (secondary N) is 1. The third-order valence-electron chi connectivity index (χ3n) is 7.28. The summed E-state index contributed by atoms with van der Waals surface area (Å²) >= 11 is 0. The maximum atomic E-state index is 13.2. The van der Waals surface area contributed by atoms with Gasteiger partial charge in [0.05, 0.1) is 12.5 Å². The standard InChI is InChI=1S/C28H31N3O3/c1-19-10-11-22(31-17-28(18-31)15-30(16-28)13-12-26(32)33)14-25(19)27(34)29-20(2)23-9-5-7-21-6-3-4-8-24(21)23/h3-11,14,20H,12-13,15-18H2,1-2H3,(H,29,34)(H,32,33). The normalized spacial score (nSPS) is 17.8. The number of carboxylic acids is 1. The SMILES string of the molecule is Cc1ccc(N2CC3(CN(CCC(=O)O)C3)C2)cc1C(=O)NC(C)c1cccc2ccccc12. The van der Waals surface area contributed by atoms with E-state index < -0.39 is 5.97 Å². The molecule has 1 unspecified atom stereocenters. The van der Waals surface area contributed by atoms with Crippen LogP contribution < -0.4 is 10.2 Å². The Hall–Kier alpha value is -3.38. The van der Waals surface area contributed by atoms with Crippen molar-refractivity contribution in [3.05, 3.63) is 77.4 Å². The minimum Gasteiger partial charge on any atom is -0.481 e. The van der Waals surface area contributed by atoms with Gasteiger partial charge in [-0.3, -0.25) is 9.59 Å². The molecule has 5 rings (SSSR count). The lowest BCUT2D eigenvalue weighted by atomic mass is 9.72. The summed E-state index contributed by atoms with van der Waals surface area (Å²) in [4.78, 5) is 28.6. The summed E-state index contributed by atoms with van der Waals surface area (Å²) in [7, 11) is 0. The van der Waals surface area contributed by atoms with Crippen molar-refractivity contribution in [3.63, 3.8) is 0 Å². The van der Waals surface area contributed by atoms with Crippen molar-refractivity contribution in [2.24, 2.45) is 5.41 Å². The Morgan fingerprint density at radius 3 is 2.53 bits per heavy atom. The van der Waals surface area contributed by atoms with E-state index in [9.17, 15) is 9.59 Å². The van der Waals surface area contributed by atoms with Crippen LogP contribution in [-0.2, 0) is 4.79 Å². The zero-order valence-electron chi connectivity index (χ0n) is 19.8. The molecule has 0 saturated carbocycles. The van der Waals surface area contributed by atoms with Crippen molar-refractivity contribution in [2.75, 3.05) is 37.6 Å². The van der Waals surface area contributed by atoms with Gasteiger partial charge in [-0.2, -0.15) is 0 Å². The van der Waals surface area contributed by atoms with E-state index in [2.05, 4.69) is 45.4 Å². The Balaban J connectivity index is 1.24. The van der Waals surface area contributed by atoms with Gasteiger partial charge in [0.15, 0.2) is 0 Å². The quantitative estimate of drug-likeness (QED) is 0.555. The minimum atomic E-state index is -0.739. The van der Waals surface area contributed by atoms with Crippen molar-refractivity contribution in [1.29, 1.82) is 0 Å². The maximum Gasteiger partial charge on any atom is 0.304 e. The van der Waals surface area contributed by atoms with E-state index in [1.54, 1.807) is 0 Å². The Bertz CT molecular complexity index is 1240. The first kappa shape index (κ1) is 22.4. The van der Waals surface area contributed by atoms with Crippen LogP contribution in [0, 0.1) is 12.3 Å². The molecule has 1 amide bonds. The number of aryl methyl sites for hydroxylation is 1. The van der Waals surface area contributed by atoms with E-state index in [4.69, 9.17) is 5.11 Å². The predicted molar refractivity (Wildman–Crippen MR) is 134 cm³/mol. The van der Waals surface area contributed by atoms with Gasteiger partial charge in [-0.25, -0.2) is 0 Å². The van der Waals surface area contributed by atoms with Gasteiger partial charge in [-0.1, -0.05) is 48.5 Å². The largest absolute Gasteiger partial charge is 0.481 e. The number of hydrogen-bond donors (Lipinski definition) is 2. The van der Waals surface area contributed by atoms with Crippen LogP contribution in [-0.4, -0.2) is 54.6 Å². The smallest absolute Gasteiger partial charge is 0.304 e. The third-order valence-corrected chi connectivity index (χ3v) is 7.28. The topological polar surface area (TPSA) is 72.9 Å². The fourth-order valence-electron chi connectivity index (χ4n) is 5.49. The molecule has 0 bridgehead atoms. The number of benzene rings is 3. The zero-order valence-corrected chi connectivity index (χ0v) is 19.8. The third kappa shape index (κ3) is 4.26. The van der Waals surface area contributed by atoms with Crippen LogP contribution in [0.3, 0.4) is 0 Å². The van der Waals surface area contributed by atoms with E-state index in [1.807, 2.05) is 44.2 Å². The number of rotatable bonds is 7. The molecule has 0 radical (unpaired) electrons. The summed E-state index contributed by atoms with van der Waals surface area (Å²) < 4.78 is 0. The lowest BCUT2D eigenvalue weighted by Gasteiger charge is -2.61. The summed E-state index contributed by atoms with van der Waals surface area (Å²) in [6, 6.07) is 20.5. The maximum absolute atomic E-state index is 13.2. The van der Waals surface area contributed by atoms with Crippen LogP contribution >= 0.6 is 0 Å². The number of carbonyl (C=O) groups is 2. The first-order chi connectivity index (χ1) is 16.3. The molecule has 2 aliphatic heterocycles. The van der Waals surface area contributed by atoms with E-state index >= 15 is 0 Å². The van der Waals surface area contributed by atoms with Crippen molar-refractivity contribution in [1.82, 2.24) is 10.2 Å². The van der Waals surface area contributed by atoms with Crippen LogP contribution in [0.25, 0.3) is 10.8 Å². The predicted octanol–water partition coefficient (Wildman–Crippen LogP) is 4.24. The zero-order chi connectivity index (χ0) is 23.9. The second-order valence-corrected chi connectivity index (χ2v) is 9.97. The van der Waals surface area contributed by atoms with E-state index in [1.165, 1.54) is 5.39 Å². The number of aliphatic carboxylic acids is 1. The first-order valence-corrected chi connectivity index (χ1v) is 11.9. The van der Waals surface area contributed by atoms with Gasteiger partial charge in [0.2, 0.25) is 0 Å². The van der Waals surface area contributed by atoms with Crippen LogP contribution in [0.5, 0.6) is 0 Å². The van der Waals surface area contributed by atoms with E-state index in [-0.39, 0.29) is 23.8 Å². The molecule has 1 atom stereocenters. The number of nitrogens with zero attached hydrogens (tertiary/aromatic N) is 2. The van der Waals surface area contributed by atoms with Crippen molar-refractivity contribution < 1.29 is 14.7 Å². The summed E-state index contributed by atoms with van der Waals surface area (Å²) in [5.74, 6) is -0.796. The molecule has 1 spiro atoms. The fraction of sp³-hybridized carbons (Fsp3) is 0.357. The Labute approximate surface area is 200 Å². The number of carboxylic acid groups (broad SMARTS) is 1. The number of likely N-dealkylation sites (tertiary alicyclic amines) is 1. The van der Waals surface area contributed by atoms with E-state index in [0.29, 0.717) is 12.1 Å². The molecular weight excluding hydrogens is 426 g/mol. The van der Waals surface area contributed by atoms with Gasteiger partial charge in [-0.05, 0) is 47.9 Å². The van der Waals surface area contributed by atoms with Crippen LogP contribution in [0.15, 0.2) is 60.7 Å². The highest BCUT2D eigenvalue weighted by Crippen LogP contribution is 2.42. The molecule has 2 aliphatic rings. The molecule has 0 aromatic heterocycles. The average Bonchev–Trinajstić information content (AvgIpc) is 2.77. The van der Waals surface area contributed by atoms with Crippen LogP contribution in [0.4, 0.5) is 5.69 Å². The number of amides is 1. The molecule has 2 saturated heterocycles. The minimum absolute atomic E-state index is 0.0569. The molecule has 3 aromatic carbocycles. The molecule has 6 nitrogen and oxygen atoms in total. The number of hydrogen-bond acceptors (Lipinski definition) is 4. The molecule has 6 heteroatoms. The van der Waals surface area contributed by atoms with Gasteiger partial charge >= 0.3 is 5.97 Å². The molecular formula is C28H31N3O3. The lowest BCUT2D eigenvalue weighted by Crippen LogP contribution is -2.72. The summed E-state index contributed by atoms with van der Waals surface area (Å²) in [5.41, 5.74) is 4.13. The fourth-order valence-corrected chi connectivity index (χ4v) is 5.49. The van der Waals surface area contributed by atoms with Crippen LogP contribution in [0.2, 0.25) is 0 Å². The second-order valence-electron chi connectivity index (χ2n) is 9.97. The van der Waals surface area contributed by atoms with Gasteiger partial charge in [0, 0.05) is 49.4 Å². The highest BCUT2D eigenvalue weighted by molar-refractivity contribution is 5.97. The Morgan fingerprint density at radius 1 is 1.03 bits per heavy atom. The molecule has 2 fully saturated rings. The van der Waals surface area contributed by atoms with Crippen molar-refractivity contribution in [3.8, 4) is 0 Å². The molecule has 3 aromatic rings. The second kappa shape index (κ2) is 8.76. The van der Waals surface area contributed by atoms with Crippen LogP contribution in [0.1, 0.15) is 40.9 Å². The summed E-state index contributed by atoms with van der Waals surface area (Å²) in [6.07, 6.45) is 0.202. The lowest BCUT2D eigenvalue weighted by molar-refractivity contribution is -0.138. The highest BCUT2D eigenvalue weighted by Gasteiger charge is 2.51. The van der Waals surface area contributed by atoms with Crippen molar-refractivity contribution in [2.45, 2.75) is 26.3 Å². The number of fused-ring (bicyclic) bond motifs is 1. The average molecular weight is 458 g/mol. The number of anilines is 1. The molecule has 34 heavy (non-hydrogen) atoms. The summed E-state index contributed by atoms with van der Waals surface area (Å²) in [6.45, 7) is 8.45. The molecule has 2 N–H and O–H groups in total. The monoisotopic (exact) mass is 457 g/mol. The van der Waals surface area contributed by atoms with E-state index in [0.717, 1.165) is 48.4 Å². The Morgan fingerprint density at radius 2 is 1.76 bits per heavy atom. The molecule has 2 heterocycles. The van der Waals surface area contributed by atoms with Gasteiger partial charge in [0.25, 0.3) is 5.91 Å². The Kier molecular flexibility index (Phi) is 5.78. The highest BCUT2D eigenvalue weighted by atomic mass is 16.4. The summed E-state index contributed by atoms with van der Waals surface area (Å²) in [5, 5.41) is 14.4. The van der Waals surface area contributed by atoms with Gasteiger partial charge < -0.3 is 20.2 Å². The van der Waals surface area contributed by atoms with Gasteiger partial charge in [-0.15, -0.1) is 0 Å². The molecule has 176 valence electrons. The molecule has 0 aliphatic carbocycles. The van der Waals surface area contributed by atoms with Crippen molar-refractivity contribution >= 4 is 28.3 Å². The van der Waals surface area contributed by atoms with Gasteiger partial charge in [0.1, 0.15) is 0 Å². The number of carbonyl (C=O) groups excluding carboxylic acids is 1. The first-order valence-electron chi connectivity index (χ1n) is 11.9.